The molecule has 0 unspecified atom stereocenters. The lowest BCUT2D eigenvalue weighted by Crippen LogP contribution is -2.02. The molecule has 0 fully saturated rings. The van der Waals surface area contributed by atoms with Crippen LogP contribution in [0.5, 0.6) is 11.5 Å². The Morgan fingerprint density at radius 2 is 1.90 bits per heavy atom. The molecular weight excluding hydrogens is 252 g/mol. The van der Waals surface area contributed by atoms with Gasteiger partial charge in [-0.3, -0.25) is 4.98 Å². The van der Waals surface area contributed by atoms with Crippen molar-refractivity contribution in [2.24, 2.45) is 5.73 Å². The van der Waals surface area contributed by atoms with Gasteiger partial charge in [0.1, 0.15) is 6.61 Å². The van der Waals surface area contributed by atoms with Gasteiger partial charge < -0.3 is 15.2 Å². The average Bonchev–Trinajstić information content (AvgIpc) is 2.46. The van der Waals surface area contributed by atoms with Crippen molar-refractivity contribution < 1.29 is 9.47 Å². The van der Waals surface area contributed by atoms with Gasteiger partial charge in [-0.1, -0.05) is 6.07 Å². The van der Waals surface area contributed by atoms with E-state index in [1.807, 2.05) is 44.4 Å². The van der Waals surface area contributed by atoms with Crippen LogP contribution in [0, 0.1) is 6.92 Å². The molecule has 2 N–H and O–H groups in total. The zero-order valence-corrected chi connectivity index (χ0v) is 11.9. The Kier molecular flexibility index (Phi) is 4.96. The number of ether oxygens (including phenoxy) is 2. The van der Waals surface area contributed by atoms with Crippen molar-refractivity contribution >= 4 is 0 Å². The number of rotatable bonds is 6. The molecule has 0 aliphatic carbocycles. The van der Waals surface area contributed by atoms with E-state index < -0.39 is 0 Å². The Morgan fingerprint density at radius 1 is 1.05 bits per heavy atom. The van der Waals surface area contributed by atoms with Crippen LogP contribution in [0.1, 0.15) is 23.6 Å². The van der Waals surface area contributed by atoms with Gasteiger partial charge in [0.2, 0.25) is 0 Å². The van der Waals surface area contributed by atoms with Crippen LogP contribution in [0.2, 0.25) is 0 Å². The second kappa shape index (κ2) is 6.91. The maximum absolute atomic E-state index is 5.82. The molecule has 106 valence electrons. The van der Waals surface area contributed by atoms with Crippen LogP contribution in [0.4, 0.5) is 0 Å². The van der Waals surface area contributed by atoms with Crippen LogP contribution in [0.25, 0.3) is 0 Å². The third kappa shape index (κ3) is 3.71. The molecule has 0 saturated carbocycles. The van der Waals surface area contributed by atoms with Crippen molar-refractivity contribution in [2.75, 3.05) is 6.61 Å². The molecule has 0 atom stereocenters. The predicted octanol–water partition coefficient (Wildman–Crippen LogP) is 2.83. The number of hydrogen-bond acceptors (Lipinski definition) is 4. The zero-order valence-electron chi connectivity index (χ0n) is 11.9. The topological polar surface area (TPSA) is 57.4 Å². The molecule has 1 aromatic carbocycles. The molecule has 1 aromatic heterocycles. The van der Waals surface area contributed by atoms with Gasteiger partial charge in [-0.2, -0.15) is 0 Å². The highest BCUT2D eigenvalue weighted by atomic mass is 16.5. The molecule has 0 radical (unpaired) electrons. The van der Waals surface area contributed by atoms with Gasteiger partial charge in [0, 0.05) is 24.5 Å². The van der Waals surface area contributed by atoms with Crippen molar-refractivity contribution in [1.29, 1.82) is 0 Å². The normalized spacial score (nSPS) is 10.3. The fourth-order valence-electron chi connectivity index (χ4n) is 1.92. The second-order valence-corrected chi connectivity index (χ2v) is 4.58. The number of nitrogens with zero attached hydrogens (tertiary/aromatic N) is 1. The van der Waals surface area contributed by atoms with E-state index in [1.165, 1.54) is 0 Å². The maximum Gasteiger partial charge on any atom is 0.161 e. The summed E-state index contributed by atoms with van der Waals surface area (Å²) in [5.41, 5.74) is 8.83. The van der Waals surface area contributed by atoms with Crippen molar-refractivity contribution in [3.05, 3.63) is 53.3 Å². The first-order valence-corrected chi connectivity index (χ1v) is 6.72. The smallest absolute Gasteiger partial charge is 0.161 e. The second-order valence-electron chi connectivity index (χ2n) is 4.58. The number of benzene rings is 1. The number of pyridine rings is 1. The van der Waals surface area contributed by atoms with Gasteiger partial charge in [-0.25, -0.2) is 0 Å². The van der Waals surface area contributed by atoms with E-state index >= 15 is 0 Å². The van der Waals surface area contributed by atoms with Crippen molar-refractivity contribution in [3.8, 4) is 11.5 Å². The third-order valence-electron chi connectivity index (χ3n) is 2.87. The van der Waals surface area contributed by atoms with E-state index in [1.54, 1.807) is 0 Å². The molecule has 2 rings (SSSR count). The van der Waals surface area contributed by atoms with E-state index in [0.29, 0.717) is 19.8 Å². The van der Waals surface area contributed by atoms with Crippen molar-refractivity contribution in [3.63, 3.8) is 0 Å². The Morgan fingerprint density at radius 3 is 2.60 bits per heavy atom. The molecule has 0 saturated heterocycles. The molecule has 2 aromatic rings. The highest BCUT2D eigenvalue weighted by molar-refractivity contribution is 5.43. The van der Waals surface area contributed by atoms with Crippen LogP contribution < -0.4 is 15.2 Å². The minimum atomic E-state index is 0.469. The minimum Gasteiger partial charge on any atom is -0.490 e. The maximum atomic E-state index is 5.82. The van der Waals surface area contributed by atoms with Crippen LogP contribution in [-0.4, -0.2) is 11.6 Å². The molecule has 0 spiro atoms. The number of aromatic nitrogens is 1. The lowest BCUT2D eigenvalue weighted by molar-refractivity contribution is 0.269. The van der Waals surface area contributed by atoms with E-state index in [-0.39, 0.29) is 0 Å². The van der Waals surface area contributed by atoms with Gasteiger partial charge in [0.15, 0.2) is 11.5 Å². The lowest BCUT2D eigenvalue weighted by Gasteiger charge is -2.13. The largest absolute Gasteiger partial charge is 0.490 e. The summed E-state index contributed by atoms with van der Waals surface area (Å²) in [5, 5.41) is 0. The molecule has 0 amide bonds. The van der Waals surface area contributed by atoms with Crippen LogP contribution in [0.3, 0.4) is 0 Å². The zero-order chi connectivity index (χ0) is 14.4. The standard InChI is InChI=1S/C16H20N2O2/c1-3-19-16-7-13(8-17)4-5-15(16)20-11-14-6-12(2)9-18-10-14/h4-7,9-10H,3,8,11,17H2,1-2H3. The average molecular weight is 272 g/mol. The van der Waals surface area contributed by atoms with Gasteiger partial charge in [0.25, 0.3) is 0 Å². The highest BCUT2D eigenvalue weighted by Crippen LogP contribution is 2.29. The van der Waals surface area contributed by atoms with Crippen LogP contribution >= 0.6 is 0 Å². The van der Waals surface area contributed by atoms with Gasteiger partial charge >= 0.3 is 0 Å². The van der Waals surface area contributed by atoms with Crippen LogP contribution in [-0.2, 0) is 13.2 Å². The molecule has 4 nitrogen and oxygen atoms in total. The Bertz CT molecular complexity index is 570. The molecular formula is C16H20N2O2. The SMILES string of the molecule is CCOc1cc(CN)ccc1OCc1cncc(C)c1. The minimum absolute atomic E-state index is 0.469. The summed E-state index contributed by atoms with van der Waals surface area (Å²) in [5.74, 6) is 1.46. The predicted molar refractivity (Wildman–Crippen MR) is 78.8 cm³/mol. The van der Waals surface area contributed by atoms with Gasteiger partial charge in [-0.15, -0.1) is 0 Å². The fourth-order valence-corrected chi connectivity index (χ4v) is 1.92. The summed E-state index contributed by atoms with van der Waals surface area (Å²) >= 11 is 0. The van der Waals surface area contributed by atoms with Crippen LogP contribution in [0.15, 0.2) is 36.7 Å². The third-order valence-corrected chi connectivity index (χ3v) is 2.87. The molecule has 1 heterocycles. The number of aryl methyl sites for hydroxylation is 1. The highest BCUT2D eigenvalue weighted by Gasteiger charge is 2.06. The summed E-state index contributed by atoms with van der Waals surface area (Å²) in [4.78, 5) is 4.15. The molecule has 20 heavy (non-hydrogen) atoms. The van der Waals surface area contributed by atoms with E-state index in [4.69, 9.17) is 15.2 Å². The van der Waals surface area contributed by atoms with Crippen molar-refractivity contribution in [1.82, 2.24) is 4.98 Å². The summed E-state index contributed by atoms with van der Waals surface area (Å²) < 4.78 is 11.4. The summed E-state index contributed by atoms with van der Waals surface area (Å²) in [6.45, 7) is 5.51. The lowest BCUT2D eigenvalue weighted by atomic mass is 10.2. The number of hydrogen-bond donors (Lipinski definition) is 1. The molecule has 0 bridgehead atoms. The molecule has 0 aliphatic rings. The Balaban J connectivity index is 2.12. The van der Waals surface area contributed by atoms with E-state index in [0.717, 1.165) is 28.2 Å². The van der Waals surface area contributed by atoms with Gasteiger partial charge in [0.05, 0.1) is 6.61 Å². The van der Waals surface area contributed by atoms with E-state index in [9.17, 15) is 0 Å². The molecule has 4 heteroatoms. The summed E-state index contributed by atoms with van der Waals surface area (Å²) in [6.07, 6.45) is 3.63. The summed E-state index contributed by atoms with van der Waals surface area (Å²) in [7, 11) is 0. The first-order chi connectivity index (χ1) is 9.72. The first kappa shape index (κ1) is 14.3. The van der Waals surface area contributed by atoms with Crippen molar-refractivity contribution in [2.45, 2.75) is 27.0 Å². The molecule has 0 aliphatic heterocycles. The Hall–Kier alpha value is -2.07. The monoisotopic (exact) mass is 272 g/mol. The van der Waals surface area contributed by atoms with E-state index in [2.05, 4.69) is 11.1 Å². The summed E-state index contributed by atoms with van der Waals surface area (Å²) in [6, 6.07) is 7.83. The fraction of sp³-hybridized carbons (Fsp3) is 0.312. The number of nitrogens with two attached hydrogens (primary N) is 1. The van der Waals surface area contributed by atoms with Gasteiger partial charge in [-0.05, 0) is 43.2 Å². The Labute approximate surface area is 119 Å². The quantitative estimate of drug-likeness (QED) is 0.878. The first-order valence-electron chi connectivity index (χ1n) is 6.72.